The van der Waals surface area contributed by atoms with Crippen molar-refractivity contribution in [1.82, 2.24) is 5.32 Å². The van der Waals surface area contributed by atoms with Gasteiger partial charge in [0.1, 0.15) is 0 Å². The summed E-state index contributed by atoms with van der Waals surface area (Å²) in [5.41, 5.74) is 5.78. The molecule has 14 heavy (non-hydrogen) atoms. The second-order valence-corrected chi connectivity index (χ2v) is 3.90. The molecule has 0 aliphatic carbocycles. The minimum absolute atomic E-state index is 1.06. The molecule has 1 N–H and O–H groups in total. The van der Waals surface area contributed by atoms with Gasteiger partial charge in [-0.25, -0.2) is 0 Å². The zero-order valence-electron chi connectivity index (χ0n) is 9.78. The minimum atomic E-state index is 1.06. The Morgan fingerprint density at radius 3 is 2.43 bits per heavy atom. The second-order valence-electron chi connectivity index (χ2n) is 3.90. The molecular formula is C13H21N. The smallest absolute Gasteiger partial charge is 0.000837 e. The third-order valence-corrected chi connectivity index (χ3v) is 2.99. The van der Waals surface area contributed by atoms with Gasteiger partial charge >= 0.3 is 0 Å². The van der Waals surface area contributed by atoms with Crippen molar-refractivity contribution in [2.24, 2.45) is 0 Å². The van der Waals surface area contributed by atoms with Crippen molar-refractivity contribution in [3.05, 3.63) is 34.4 Å². The lowest BCUT2D eigenvalue weighted by Crippen LogP contribution is -2.16. The summed E-state index contributed by atoms with van der Waals surface area (Å²) in [5.74, 6) is 0. The van der Waals surface area contributed by atoms with Crippen LogP contribution in [0.2, 0.25) is 0 Å². The maximum atomic E-state index is 3.36. The number of hydrogen-bond donors (Lipinski definition) is 1. The Morgan fingerprint density at radius 1 is 1.07 bits per heavy atom. The van der Waals surface area contributed by atoms with E-state index in [1.54, 1.807) is 0 Å². The first-order valence-corrected chi connectivity index (χ1v) is 5.43. The molecule has 0 atom stereocenters. The number of hydrogen-bond acceptors (Lipinski definition) is 1. The molecule has 0 unspecified atom stereocenters. The van der Waals surface area contributed by atoms with Gasteiger partial charge in [0.25, 0.3) is 0 Å². The highest BCUT2D eigenvalue weighted by atomic mass is 14.8. The molecule has 1 rings (SSSR count). The van der Waals surface area contributed by atoms with Gasteiger partial charge in [-0.05, 0) is 62.5 Å². The number of aryl methyl sites for hydroxylation is 1. The van der Waals surface area contributed by atoms with E-state index in [9.17, 15) is 0 Å². The van der Waals surface area contributed by atoms with Crippen molar-refractivity contribution in [1.29, 1.82) is 0 Å². The topological polar surface area (TPSA) is 12.0 Å². The third-order valence-electron chi connectivity index (χ3n) is 2.99. The summed E-state index contributed by atoms with van der Waals surface area (Å²) in [6, 6.07) is 4.48. The van der Waals surface area contributed by atoms with Gasteiger partial charge in [-0.15, -0.1) is 0 Å². The van der Waals surface area contributed by atoms with Crippen molar-refractivity contribution in [2.45, 2.75) is 34.1 Å². The Balaban J connectivity index is 2.73. The molecule has 0 fully saturated rings. The molecule has 1 nitrogen and oxygen atoms in total. The van der Waals surface area contributed by atoms with Gasteiger partial charge in [0.2, 0.25) is 0 Å². The van der Waals surface area contributed by atoms with Crippen LogP contribution in [0.25, 0.3) is 0 Å². The largest absolute Gasteiger partial charge is 0.317 e. The van der Waals surface area contributed by atoms with Crippen LogP contribution in [-0.2, 0) is 6.42 Å². The Morgan fingerprint density at radius 2 is 1.79 bits per heavy atom. The van der Waals surface area contributed by atoms with E-state index in [4.69, 9.17) is 0 Å². The quantitative estimate of drug-likeness (QED) is 0.722. The van der Waals surface area contributed by atoms with Gasteiger partial charge in [0.15, 0.2) is 0 Å². The summed E-state index contributed by atoms with van der Waals surface area (Å²) in [5, 5.41) is 3.36. The summed E-state index contributed by atoms with van der Waals surface area (Å²) in [7, 11) is 0. The SMILES string of the molecule is CCNCCc1ccc(C)c(C)c1C. The Hall–Kier alpha value is -0.820. The monoisotopic (exact) mass is 191 g/mol. The van der Waals surface area contributed by atoms with E-state index < -0.39 is 0 Å². The van der Waals surface area contributed by atoms with Crippen LogP contribution in [0.15, 0.2) is 12.1 Å². The first-order valence-electron chi connectivity index (χ1n) is 5.43. The summed E-state index contributed by atoms with van der Waals surface area (Å²) in [4.78, 5) is 0. The van der Waals surface area contributed by atoms with Gasteiger partial charge in [0, 0.05) is 0 Å². The van der Waals surface area contributed by atoms with Gasteiger partial charge in [-0.2, -0.15) is 0 Å². The van der Waals surface area contributed by atoms with E-state index in [1.807, 2.05) is 0 Å². The van der Waals surface area contributed by atoms with Crippen LogP contribution in [0.4, 0.5) is 0 Å². The molecule has 1 heteroatoms. The van der Waals surface area contributed by atoms with E-state index in [1.165, 1.54) is 22.3 Å². The standard InChI is InChI=1S/C13H21N/c1-5-14-9-8-13-7-6-10(2)11(3)12(13)4/h6-7,14H,5,8-9H2,1-4H3. The summed E-state index contributed by atoms with van der Waals surface area (Å²) in [6.07, 6.45) is 1.14. The lowest BCUT2D eigenvalue weighted by molar-refractivity contribution is 0.714. The van der Waals surface area contributed by atoms with Crippen molar-refractivity contribution in [3.63, 3.8) is 0 Å². The predicted octanol–water partition coefficient (Wildman–Crippen LogP) is 2.76. The predicted molar refractivity (Wildman–Crippen MR) is 62.9 cm³/mol. The fraction of sp³-hybridized carbons (Fsp3) is 0.538. The number of likely N-dealkylation sites (N-methyl/N-ethyl adjacent to an activating group) is 1. The number of benzene rings is 1. The highest BCUT2D eigenvalue weighted by Crippen LogP contribution is 2.17. The summed E-state index contributed by atoms with van der Waals surface area (Å²) >= 11 is 0. The zero-order chi connectivity index (χ0) is 10.6. The first kappa shape index (κ1) is 11.3. The van der Waals surface area contributed by atoms with Crippen LogP contribution in [0.3, 0.4) is 0 Å². The van der Waals surface area contributed by atoms with Crippen molar-refractivity contribution in [3.8, 4) is 0 Å². The molecule has 0 saturated carbocycles. The van der Waals surface area contributed by atoms with E-state index in [-0.39, 0.29) is 0 Å². The molecule has 0 saturated heterocycles. The van der Waals surface area contributed by atoms with E-state index >= 15 is 0 Å². The molecule has 0 bridgehead atoms. The van der Waals surface area contributed by atoms with Crippen LogP contribution in [0.5, 0.6) is 0 Å². The van der Waals surface area contributed by atoms with Crippen LogP contribution in [-0.4, -0.2) is 13.1 Å². The third kappa shape index (κ3) is 2.58. The van der Waals surface area contributed by atoms with Gasteiger partial charge in [-0.1, -0.05) is 19.1 Å². The van der Waals surface area contributed by atoms with Crippen LogP contribution >= 0.6 is 0 Å². The highest BCUT2D eigenvalue weighted by Gasteiger charge is 2.02. The average Bonchev–Trinajstić information content (AvgIpc) is 2.18. The van der Waals surface area contributed by atoms with Gasteiger partial charge in [-0.3, -0.25) is 0 Å². The second kappa shape index (κ2) is 5.16. The zero-order valence-corrected chi connectivity index (χ0v) is 9.78. The van der Waals surface area contributed by atoms with Crippen LogP contribution in [0, 0.1) is 20.8 Å². The fourth-order valence-electron chi connectivity index (χ4n) is 1.68. The first-order chi connectivity index (χ1) is 6.66. The average molecular weight is 191 g/mol. The lowest BCUT2D eigenvalue weighted by Gasteiger charge is -2.11. The molecular weight excluding hydrogens is 170 g/mol. The summed E-state index contributed by atoms with van der Waals surface area (Å²) < 4.78 is 0. The van der Waals surface area contributed by atoms with Crippen LogP contribution in [0.1, 0.15) is 29.2 Å². The van der Waals surface area contributed by atoms with Gasteiger partial charge < -0.3 is 5.32 Å². The van der Waals surface area contributed by atoms with Crippen LogP contribution < -0.4 is 5.32 Å². The van der Waals surface area contributed by atoms with Crippen molar-refractivity contribution >= 4 is 0 Å². The molecule has 0 radical (unpaired) electrons. The number of nitrogens with one attached hydrogen (secondary N) is 1. The maximum Gasteiger partial charge on any atom is -0.000837 e. The Bertz CT molecular complexity index is 302. The normalized spacial score (nSPS) is 10.6. The van der Waals surface area contributed by atoms with Crippen molar-refractivity contribution in [2.75, 3.05) is 13.1 Å². The number of rotatable bonds is 4. The molecule has 1 aromatic rings. The molecule has 0 aliphatic rings. The molecule has 0 heterocycles. The fourth-order valence-corrected chi connectivity index (χ4v) is 1.68. The maximum absolute atomic E-state index is 3.36. The minimum Gasteiger partial charge on any atom is -0.317 e. The molecule has 0 aliphatic heterocycles. The molecule has 78 valence electrons. The molecule has 0 amide bonds. The van der Waals surface area contributed by atoms with Crippen molar-refractivity contribution < 1.29 is 0 Å². The molecule has 0 aromatic heterocycles. The lowest BCUT2D eigenvalue weighted by atomic mass is 9.97. The Labute approximate surface area is 87.5 Å². The Kier molecular flexibility index (Phi) is 4.15. The van der Waals surface area contributed by atoms with E-state index in [2.05, 4.69) is 45.1 Å². The van der Waals surface area contributed by atoms with E-state index in [0.717, 1.165) is 19.5 Å². The molecule has 1 aromatic carbocycles. The molecule has 0 spiro atoms. The van der Waals surface area contributed by atoms with E-state index in [0.29, 0.717) is 0 Å². The van der Waals surface area contributed by atoms with Gasteiger partial charge in [0.05, 0.1) is 0 Å². The highest BCUT2D eigenvalue weighted by molar-refractivity contribution is 5.38. The summed E-state index contributed by atoms with van der Waals surface area (Å²) in [6.45, 7) is 10.9.